The predicted octanol–water partition coefficient (Wildman–Crippen LogP) is 8.46. The molecule has 0 saturated heterocycles. The summed E-state index contributed by atoms with van der Waals surface area (Å²) in [6.07, 6.45) is -8.07. The number of aromatic nitrogens is 2. The van der Waals surface area contributed by atoms with Gasteiger partial charge in [-0.3, -0.25) is 0 Å². The van der Waals surface area contributed by atoms with Crippen LogP contribution in [0.4, 0.5) is 48.3 Å². The maximum atomic E-state index is 13.9. The van der Waals surface area contributed by atoms with Crippen molar-refractivity contribution in [1.29, 1.82) is 0 Å². The second kappa shape index (κ2) is 12.6. The van der Waals surface area contributed by atoms with Gasteiger partial charge in [-0.05, 0) is 42.7 Å². The number of aryl methyl sites for hydroxylation is 1. The summed E-state index contributed by atoms with van der Waals surface area (Å²) in [6, 6.07) is 3.79. The molecule has 0 amide bonds. The molecule has 0 unspecified atom stereocenters. The van der Waals surface area contributed by atoms with Crippen LogP contribution < -0.4 is 4.74 Å². The van der Waals surface area contributed by atoms with Crippen molar-refractivity contribution in [3.8, 4) is 17.1 Å². The third-order valence-corrected chi connectivity index (χ3v) is 5.47. The molecule has 0 spiro atoms. The van der Waals surface area contributed by atoms with Gasteiger partial charge < -0.3 is 9.47 Å². The number of nitrogens with zero attached hydrogens (tertiary/aromatic N) is 2. The van der Waals surface area contributed by atoms with Crippen molar-refractivity contribution in [3.63, 3.8) is 0 Å². The molecule has 0 radical (unpaired) electrons. The van der Waals surface area contributed by atoms with Crippen LogP contribution in [-0.4, -0.2) is 46.8 Å². The highest BCUT2D eigenvalue weighted by Gasteiger charge is 2.74. The minimum atomic E-state index is -6.85. The van der Waals surface area contributed by atoms with Gasteiger partial charge >= 0.3 is 30.2 Å². The fraction of sp³-hybridized carbons (Fsp3) is 0.583. The zero-order valence-electron chi connectivity index (χ0n) is 20.5. The second-order valence-electron chi connectivity index (χ2n) is 8.66. The van der Waals surface area contributed by atoms with E-state index in [4.69, 9.17) is 0 Å². The Hall–Kier alpha value is -2.71. The van der Waals surface area contributed by atoms with Crippen LogP contribution in [0, 0.1) is 0 Å². The van der Waals surface area contributed by atoms with E-state index in [0.29, 0.717) is 0 Å². The lowest BCUT2D eigenvalue weighted by Crippen LogP contribution is -2.56. The van der Waals surface area contributed by atoms with Gasteiger partial charge in [0.25, 0.3) is 0 Å². The zero-order chi connectivity index (χ0) is 29.5. The Kier molecular flexibility index (Phi) is 10.5. The SMILES string of the molecule is CCCCCCCCc1cnc(-c2ccc(OC(F)(F)C(F)(F)OCC(F)(F)C(F)(F)C(F)(F)F)cc2)nc1. The first-order valence-electron chi connectivity index (χ1n) is 11.8. The number of alkyl halides is 11. The summed E-state index contributed by atoms with van der Waals surface area (Å²) in [5.74, 6) is -13.9. The van der Waals surface area contributed by atoms with E-state index in [9.17, 15) is 48.3 Å². The number of ether oxygens (including phenoxy) is 2. The lowest BCUT2D eigenvalue weighted by molar-refractivity contribution is -0.429. The van der Waals surface area contributed by atoms with Crippen LogP contribution in [0.15, 0.2) is 36.7 Å². The second-order valence-corrected chi connectivity index (χ2v) is 8.66. The Balaban J connectivity index is 1.98. The van der Waals surface area contributed by atoms with E-state index in [1.165, 1.54) is 12.8 Å². The minimum absolute atomic E-state index is 0.168. The molecule has 4 nitrogen and oxygen atoms in total. The first-order valence-corrected chi connectivity index (χ1v) is 11.8. The van der Waals surface area contributed by atoms with Crippen LogP contribution in [0.25, 0.3) is 11.4 Å². The third kappa shape index (κ3) is 8.39. The summed E-state index contributed by atoms with van der Waals surface area (Å²) in [5.41, 5.74) is 1.14. The number of halogens is 11. The molecular formula is C24H25F11N2O2. The number of benzene rings is 1. The van der Waals surface area contributed by atoms with Gasteiger partial charge in [0, 0.05) is 18.0 Å². The smallest absolute Gasteiger partial charge is 0.426 e. The molecule has 1 aromatic heterocycles. The van der Waals surface area contributed by atoms with Crippen molar-refractivity contribution in [3.05, 3.63) is 42.2 Å². The number of hydrogen-bond acceptors (Lipinski definition) is 4. The van der Waals surface area contributed by atoms with Crippen LogP contribution >= 0.6 is 0 Å². The third-order valence-electron chi connectivity index (χ3n) is 5.47. The Morgan fingerprint density at radius 1 is 0.692 bits per heavy atom. The molecule has 0 saturated carbocycles. The van der Waals surface area contributed by atoms with Crippen LogP contribution in [0.3, 0.4) is 0 Å². The van der Waals surface area contributed by atoms with Gasteiger partial charge in [0.2, 0.25) is 0 Å². The zero-order valence-corrected chi connectivity index (χ0v) is 20.5. The topological polar surface area (TPSA) is 44.2 Å². The van der Waals surface area contributed by atoms with Crippen molar-refractivity contribution in [2.24, 2.45) is 0 Å². The molecule has 0 aliphatic rings. The first-order chi connectivity index (χ1) is 17.9. The Bertz CT molecular complexity index is 1030. The fourth-order valence-electron chi connectivity index (χ4n) is 3.19. The fourth-order valence-corrected chi connectivity index (χ4v) is 3.19. The summed E-state index contributed by atoms with van der Waals surface area (Å²) in [5, 5.41) is 0. The summed E-state index contributed by atoms with van der Waals surface area (Å²) >= 11 is 0. The summed E-state index contributed by atoms with van der Waals surface area (Å²) in [7, 11) is 0. The molecule has 39 heavy (non-hydrogen) atoms. The van der Waals surface area contributed by atoms with Crippen LogP contribution in [0.1, 0.15) is 51.0 Å². The van der Waals surface area contributed by atoms with Gasteiger partial charge in [0.05, 0.1) is 0 Å². The predicted molar refractivity (Wildman–Crippen MR) is 117 cm³/mol. The van der Waals surface area contributed by atoms with Crippen LogP contribution in [0.5, 0.6) is 5.75 Å². The van der Waals surface area contributed by atoms with Gasteiger partial charge in [-0.2, -0.15) is 48.3 Å². The minimum Gasteiger partial charge on any atom is -0.426 e. The van der Waals surface area contributed by atoms with E-state index in [-0.39, 0.29) is 11.4 Å². The van der Waals surface area contributed by atoms with Gasteiger partial charge in [0.15, 0.2) is 5.82 Å². The molecule has 2 aromatic rings. The molecule has 2 rings (SSSR count). The quantitative estimate of drug-likeness (QED) is 0.156. The maximum Gasteiger partial charge on any atom is 0.494 e. The molecule has 1 heterocycles. The molecule has 0 atom stereocenters. The standard InChI is InChI=1S/C24H25F11N2O2/c1-2-3-4-5-6-7-8-16-13-36-19(37-14-16)17-9-11-18(12-10-17)39-24(34,35)23(32,33)38-15-20(25,26)21(27,28)22(29,30)31/h9-14H,2-8,15H2,1H3. The lowest BCUT2D eigenvalue weighted by Gasteiger charge is -2.31. The molecule has 0 aliphatic heterocycles. The van der Waals surface area contributed by atoms with Crippen LogP contribution in [0.2, 0.25) is 0 Å². The first kappa shape index (κ1) is 32.5. The van der Waals surface area contributed by atoms with E-state index < -0.39 is 42.6 Å². The molecule has 1 aromatic carbocycles. The Morgan fingerprint density at radius 2 is 1.23 bits per heavy atom. The molecule has 0 aliphatic carbocycles. The number of unbranched alkanes of at least 4 members (excludes halogenated alkanes) is 5. The largest absolute Gasteiger partial charge is 0.494 e. The molecule has 15 heteroatoms. The van der Waals surface area contributed by atoms with E-state index in [1.54, 1.807) is 12.4 Å². The molecule has 0 N–H and O–H groups in total. The van der Waals surface area contributed by atoms with Crippen LogP contribution in [-0.2, 0) is 11.2 Å². The van der Waals surface area contributed by atoms with E-state index in [1.807, 2.05) is 0 Å². The van der Waals surface area contributed by atoms with E-state index >= 15 is 0 Å². The maximum absolute atomic E-state index is 13.9. The van der Waals surface area contributed by atoms with Crippen molar-refractivity contribution >= 4 is 0 Å². The van der Waals surface area contributed by atoms with Crippen molar-refractivity contribution in [2.75, 3.05) is 6.61 Å². The summed E-state index contributed by atoms with van der Waals surface area (Å²) < 4.78 is 150. The van der Waals surface area contributed by atoms with Gasteiger partial charge in [-0.15, -0.1) is 0 Å². The highest BCUT2D eigenvalue weighted by atomic mass is 19.4. The monoisotopic (exact) mass is 582 g/mol. The molecule has 220 valence electrons. The number of rotatable bonds is 15. The molecule has 0 fully saturated rings. The van der Waals surface area contributed by atoms with E-state index in [2.05, 4.69) is 26.4 Å². The van der Waals surface area contributed by atoms with Crippen molar-refractivity contribution < 1.29 is 57.8 Å². The highest BCUT2D eigenvalue weighted by molar-refractivity contribution is 5.55. The van der Waals surface area contributed by atoms with Gasteiger partial charge in [-0.1, -0.05) is 39.0 Å². The average Bonchev–Trinajstić information content (AvgIpc) is 2.85. The van der Waals surface area contributed by atoms with Gasteiger partial charge in [0.1, 0.15) is 12.4 Å². The van der Waals surface area contributed by atoms with Crippen molar-refractivity contribution in [2.45, 2.75) is 82.1 Å². The van der Waals surface area contributed by atoms with Gasteiger partial charge in [-0.25, -0.2) is 9.97 Å². The average molecular weight is 582 g/mol. The summed E-state index contributed by atoms with van der Waals surface area (Å²) in [4.78, 5) is 8.31. The van der Waals surface area contributed by atoms with E-state index in [0.717, 1.165) is 61.9 Å². The highest BCUT2D eigenvalue weighted by Crippen LogP contribution is 2.48. The number of hydrogen-bond donors (Lipinski definition) is 0. The molecule has 0 bridgehead atoms. The van der Waals surface area contributed by atoms with Crippen molar-refractivity contribution in [1.82, 2.24) is 9.97 Å². The normalized spacial score (nSPS) is 13.5. The lowest BCUT2D eigenvalue weighted by atomic mass is 10.1. The molecular weight excluding hydrogens is 557 g/mol. The Labute approximate surface area is 216 Å². The Morgan fingerprint density at radius 3 is 1.77 bits per heavy atom. The summed E-state index contributed by atoms with van der Waals surface area (Å²) in [6.45, 7) is -1.26.